The second-order valence-electron chi connectivity index (χ2n) is 22.9. The van der Waals surface area contributed by atoms with Gasteiger partial charge in [0, 0.05) is 19.8 Å². The maximum absolute atomic E-state index is 13.4. The molecule has 3 fully saturated rings. The number of aliphatic hydroxyl groups is 11. The Labute approximate surface area is 486 Å². The zero-order valence-electron chi connectivity index (χ0n) is 49.3. The van der Waals surface area contributed by atoms with Crippen LogP contribution in [0.3, 0.4) is 0 Å². The van der Waals surface area contributed by atoms with E-state index in [1.807, 2.05) is 6.08 Å². The van der Waals surface area contributed by atoms with E-state index in [9.17, 15) is 75.7 Å². The van der Waals surface area contributed by atoms with Gasteiger partial charge in [-0.3, -0.25) is 9.59 Å². The number of hydrogen-bond acceptors (Lipinski definition) is 20. The third-order valence-electron chi connectivity index (χ3n) is 16.0. The quantitative estimate of drug-likeness (QED) is 0.0307. The van der Waals surface area contributed by atoms with E-state index >= 15 is 0 Å². The first-order chi connectivity index (χ1) is 39.4. The highest BCUT2D eigenvalue weighted by Crippen LogP contribution is 2.38. The third kappa shape index (κ3) is 25.4. The van der Waals surface area contributed by atoms with Gasteiger partial charge in [0.25, 0.3) is 5.79 Å². The van der Waals surface area contributed by atoms with Gasteiger partial charge < -0.3 is 100 Å². The van der Waals surface area contributed by atoms with Crippen molar-refractivity contribution in [2.24, 2.45) is 0 Å². The van der Waals surface area contributed by atoms with E-state index in [0.717, 1.165) is 51.9 Å². The molecule has 0 bridgehead atoms. The lowest BCUT2D eigenvalue weighted by Crippen LogP contribution is -2.70. The number of ether oxygens (including phenoxy) is 6. The molecule has 3 aliphatic rings. The predicted octanol–water partition coefficient (Wildman–Crippen LogP) is 3.17. The Bertz CT molecular complexity index is 1740. The number of carboxylic acid groups (broad SMARTS) is 1. The van der Waals surface area contributed by atoms with Crippen LogP contribution in [-0.4, -0.2) is 215 Å². The first-order valence-electron chi connectivity index (χ1n) is 31.1. The molecule has 18 unspecified atom stereocenters. The topological polar surface area (TPSA) is 373 Å². The smallest absolute Gasteiger partial charge is 0.364 e. The average molecular weight is 1180 g/mol. The van der Waals surface area contributed by atoms with Crippen LogP contribution in [0.5, 0.6) is 0 Å². The molecule has 18 atom stereocenters. The lowest BCUT2D eigenvalue weighted by atomic mass is 9.88. The van der Waals surface area contributed by atoms with Gasteiger partial charge in [0.15, 0.2) is 12.6 Å². The number of hydrogen-bond donors (Lipinski definition) is 14. The second-order valence-corrected chi connectivity index (χ2v) is 22.9. The fourth-order valence-corrected chi connectivity index (χ4v) is 10.9. The zero-order valence-corrected chi connectivity index (χ0v) is 49.3. The summed E-state index contributed by atoms with van der Waals surface area (Å²) in [6.45, 7) is 2.09. The maximum atomic E-state index is 13.4. The van der Waals surface area contributed by atoms with Crippen LogP contribution in [0.15, 0.2) is 12.2 Å². The standard InChI is InChI=1S/C59H108N2O21/c1-4-6-8-10-12-14-16-17-18-19-20-21-23-25-27-29-31-33-46(69)61-40(41(66)32-30-28-26-24-22-15-13-11-9-7-5-2)38-77-56-51(73)50(72)53(45(37-64)79-56)80-57-52(74)55(49(71)44(36-63)78-57)82-59(58(75)76)34-42(67)47(60-39(3)65)54(81-59)48(70)43(68)35-62/h30,32,40-45,47-57,62-64,66-68,70-74H,4-29,31,33-38H2,1-3H3,(H,60,65)(H,61,69)(H,75,76)/b32-30+. The summed E-state index contributed by atoms with van der Waals surface area (Å²) in [7, 11) is 0. The Hall–Kier alpha value is -2.53. The number of rotatable bonds is 45. The molecule has 0 saturated carbocycles. The summed E-state index contributed by atoms with van der Waals surface area (Å²) in [4.78, 5) is 38.4. The number of aliphatic carboxylic acids is 1. The Morgan fingerprint density at radius 2 is 1.13 bits per heavy atom. The van der Waals surface area contributed by atoms with Crippen LogP contribution in [0.4, 0.5) is 0 Å². The van der Waals surface area contributed by atoms with E-state index < -0.39 is 155 Å². The van der Waals surface area contributed by atoms with E-state index in [4.69, 9.17) is 28.4 Å². The van der Waals surface area contributed by atoms with Crippen LogP contribution in [0, 0.1) is 0 Å². The van der Waals surface area contributed by atoms with Gasteiger partial charge in [-0.15, -0.1) is 0 Å². The van der Waals surface area contributed by atoms with E-state index in [0.29, 0.717) is 12.8 Å². The van der Waals surface area contributed by atoms with Crippen LogP contribution in [-0.2, 0) is 42.8 Å². The molecule has 0 aliphatic carbocycles. The van der Waals surface area contributed by atoms with Gasteiger partial charge in [-0.25, -0.2) is 4.79 Å². The fraction of sp³-hybridized carbons (Fsp3) is 0.915. The number of nitrogens with one attached hydrogen (secondary N) is 2. The van der Waals surface area contributed by atoms with Crippen molar-refractivity contribution in [3.8, 4) is 0 Å². The van der Waals surface area contributed by atoms with Gasteiger partial charge in [-0.1, -0.05) is 180 Å². The summed E-state index contributed by atoms with van der Waals surface area (Å²) in [5.41, 5.74) is 0. The molecule has 0 spiro atoms. The van der Waals surface area contributed by atoms with Crippen molar-refractivity contribution in [3.05, 3.63) is 12.2 Å². The minimum Gasteiger partial charge on any atom is -0.477 e. The Morgan fingerprint density at radius 1 is 0.634 bits per heavy atom. The summed E-state index contributed by atoms with van der Waals surface area (Å²) < 4.78 is 34.7. The minimum absolute atomic E-state index is 0.204. The largest absolute Gasteiger partial charge is 0.477 e. The third-order valence-corrected chi connectivity index (χ3v) is 16.0. The molecule has 3 aliphatic heterocycles. The average Bonchev–Trinajstić information content (AvgIpc) is 3.46. The molecule has 3 heterocycles. The maximum Gasteiger partial charge on any atom is 0.364 e. The summed E-state index contributed by atoms with van der Waals surface area (Å²) in [6, 6.07) is -2.61. The number of amides is 2. The van der Waals surface area contributed by atoms with E-state index in [1.165, 1.54) is 116 Å². The number of allylic oxidation sites excluding steroid dienone is 1. The summed E-state index contributed by atoms with van der Waals surface area (Å²) in [6.07, 6.45) is 5.70. The number of carbonyl (C=O) groups is 3. The number of aliphatic hydroxyl groups excluding tert-OH is 11. The highest BCUT2D eigenvalue weighted by molar-refractivity contribution is 5.77. The number of carboxylic acids is 1. The summed E-state index contributed by atoms with van der Waals surface area (Å²) >= 11 is 0. The first-order valence-corrected chi connectivity index (χ1v) is 31.1. The number of unbranched alkanes of at least 4 members (excludes halogenated alkanes) is 25. The van der Waals surface area contributed by atoms with Crippen LogP contribution in [0.25, 0.3) is 0 Å². The highest BCUT2D eigenvalue weighted by Gasteiger charge is 2.60. The van der Waals surface area contributed by atoms with Crippen molar-refractivity contribution in [2.45, 2.75) is 317 Å². The molecule has 480 valence electrons. The van der Waals surface area contributed by atoms with Crippen molar-refractivity contribution in [1.82, 2.24) is 10.6 Å². The highest BCUT2D eigenvalue weighted by atomic mass is 16.8. The van der Waals surface area contributed by atoms with E-state index in [1.54, 1.807) is 6.08 Å². The van der Waals surface area contributed by atoms with Gasteiger partial charge >= 0.3 is 5.97 Å². The van der Waals surface area contributed by atoms with E-state index in [2.05, 4.69) is 24.5 Å². The molecule has 23 nitrogen and oxygen atoms in total. The molecule has 0 aromatic heterocycles. The van der Waals surface area contributed by atoms with Crippen molar-refractivity contribution in [2.75, 3.05) is 26.4 Å². The molecule has 23 heteroatoms. The molecule has 82 heavy (non-hydrogen) atoms. The van der Waals surface area contributed by atoms with Gasteiger partial charge in [0.1, 0.15) is 67.1 Å². The molecule has 2 amide bonds. The van der Waals surface area contributed by atoms with Crippen molar-refractivity contribution in [1.29, 1.82) is 0 Å². The first kappa shape index (κ1) is 73.7. The molecular weight excluding hydrogens is 1070 g/mol. The molecule has 3 saturated heterocycles. The van der Waals surface area contributed by atoms with Crippen LogP contribution < -0.4 is 10.6 Å². The predicted molar refractivity (Wildman–Crippen MR) is 301 cm³/mol. The molecular formula is C59H108N2O21. The summed E-state index contributed by atoms with van der Waals surface area (Å²) in [5.74, 6) is -6.14. The molecule has 14 N–H and O–H groups in total. The van der Waals surface area contributed by atoms with Crippen molar-refractivity contribution in [3.63, 3.8) is 0 Å². The second kappa shape index (κ2) is 41.5. The van der Waals surface area contributed by atoms with E-state index in [-0.39, 0.29) is 12.3 Å². The molecule has 0 radical (unpaired) electrons. The van der Waals surface area contributed by atoms with Gasteiger partial charge in [0.05, 0.1) is 50.7 Å². The Balaban J connectivity index is 1.65. The molecule has 0 aromatic carbocycles. The lowest BCUT2D eigenvalue weighted by Gasteiger charge is -2.50. The molecule has 3 rings (SSSR count). The number of carbonyl (C=O) groups excluding carboxylic acids is 2. The van der Waals surface area contributed by atoms with Gasteiger partial charge in [-0.2, -0.15) is 0 Å². The Kier molecular flexibility index (Phi) is 37.4. The fourth-order valence-electron chi connectivity index (χ4n) is 10.9. The Morgan fingerprint density at radius 3 is 1.62 bits per heavy atom. The normalized spacial score (nSPS) is 30.2. The van der Waals surface area contributed by atoms with Gasteiger partial charge in [0.2, 0.25) is 11.8 Å². The van der Waals surface area contributed by atoms with Crippen LogP contribution in [0.1, 0.15) is 207 Å². The van der Waals surface area contributed by atoms with Gasteiger partial charge in [-0.05, 0) is 19.3 Å². The SMILES string of the molecule is CCCCCCCCCCC/C=C/C(O)C(COC1OC(CO)C(OC2OC(CO)C(O)C(OC3(C(=O)O)CC(O)C(NC(C)=O)C(C(O)C(O)CO)O3)C2O)C(O)C1O)NC(=O)CCCCCCCCCCCCCCCCCCC. The lowest BCUT2D eigenvalue weighted by molar-refractivity contribution is -0.386. The minimum atomic E-state index is -3.08. The van der Waals surface area contributed by atoms with Crippen LogP contribution in [0.2, 0.25) is 0 Å². The molecule has 0 aromatic rings. The van der Waals surface area contributed by atoms with Crippen molar-refractivity contribution < 1.29 is 104 Å². The van der Waals surface area contributed by atoms with Crippen molar-refractivity contribution >= 4 is 17.8 Å². The zero-order chi connectivity index (χ0) is 60.5. The monoisotopic (exact) mass is 1180 g/mol. The van der Waals surface area contributed by atoms with Crippen LogP contribution >= 0.6 is 0 Å². The summed E-state index contributed by atoms with van der Waals surface area (Å²) in [5, 5.41) is 135.